The minimum Gasteiger partial charge on any atom is -0.336 e. The van der Waals surface area contributed by atoms with Crippen LogP contribution in [0, 0.1) is 0 Å². The highest BCUT2D eigenvalue weighted by Crippen LogP contribution is 2.24. The second kappa shape index (κ2) is 10.8. The number of carbonyl (C=O) groups excluding carboxylic acids is 1. The fraction of sp³-hybridized carbons (Fsp3) is 0.429. The number of nitrogens with zero attached hydrogens (tertiary/aromatic N) is 4. The Morgan fingerprint density at radius 3 is 2.76 bits per heavy atom. The van der Waals surface area contributed by atoms with Crippen molar-refractivity contribution in [2.45, 2.75) is 59.2 Å². The molecule has 1 aliphatic heterocycles. The van der Waals surface area contributed by atoms with Gasteiger partial charge in [-0.2, -0.15) is 0 Å². The number of rotatable bonds is 8. The van der Waals surface area contributed by atoms with Gasteiger partial charge in [0.2, 0.25) is 0 Å². The molecule has 5 nitrogen and oxygen atoms in total. The number of aromatic nitrogens is 2. The molecule has 1 saturated heterocycles. The fourth-order valence-electron chi connectivity index (χ4n) is 4.71. The Bertz CT molecular complexity index is 1110. The van der Waals surface area contributed by atoms with Crippen molar-refractivity contribution in [1.29, 1.82) is 0 Å². The first kappa shape index (κ1) is 23.2. The molecule has 2 heterocycles. The van der Waals surface area contributed by atoms with Crippen molar-refractivity contribution in [3.8, 4) is 0 Å². The Balaban J connectivity index is 1.50. The number of allylic oxidation sites excluding steroid dienone is 2. The van der Waals surface area contributed by atoms with E-state index < -0.39 is 0 Å². The van der Waals surface area contributed by atoms with Crippen LogP contribution in [0.5, 0.6) is 0 Å². The fourth-order valence-corrected chi connectivity index (χ4v) is 4.71. The van der Waals surface area contributed by atoms with E-state index in [9.17, 15) is 4.79 Å². The lowest BCUT2D eigenvalue weighted by Crippen LogP contribution is -2.54. The third-order valence-electron chi connectivity index (χ3n) is 6.66. The number of piperazine rings is 1. The number of fused-ring (bicyclic) bond motifs is 1. The van der Waals surface area contributed by atoms with Crippen molar-refractivity contribution in [2.75, 3.05) is 19.6 Å². The number of carbonyl (C=O) groups is 1. The first-order valence-electron chi connectivity index (χ1n) is 12.2. The van der Waals surface area contributed by atoms with Crippen LogP contribution >= 0.6 is 0 Å². The van der Waals surface area contributed by atoms with Gasteiger partial charge in [-0.1, -0.05) is 67.8 Å². The van der Waals surface area contributed by atoms with Gasteiger partial charge < -0.3 is 9.47 Å². The van der Waals surface area contributed by atoms with E-state index in [1.807, 2.05) is 36.8 Å². The summed E-state index contributed by atoms with van der Waals surface area (Å²) in [5, 5.41) is 2.16. The summed E-state index contributed by atoms with van der Waals surface area (Å²) >= 11 is 0. The Labute approximate surface area is 197 Å². The predicted octanol–water partition coefficient (Wildman–Crippen LogP) is 5.52. The average Bonchev–Trinajstić information content (AvgIpc) is 3.28. The summed E-state index contributed by atoms with van der Waals surface area (Å²) in [6.45, 7) is 10.7. The maximum Gasteiger partial charge on any atom is 0.254 e. The Morgan fingerprint density at radius 2 is 1.94 bits per heavy atom. The Hall–Kier alpha value is -2.92. The zero-order valence-corrected chi connectivity index (χ0v) is 20.2. The number of benzene rings is 2. The molecular weight excluding hydrogens is 408 g/mol. The smallest absolute Gasteiger partial charge is 0.254 e. The second-order valence-corrected chi connectivity index (χ2v) is 9.36. The molecule has 33 heavy (non-hydrogen) atoms. The molecule has 1 aliphatic rings. The van der Waals surface area contributed by atoms with E-state index in [0.717, 1.165) is 55.5 Å². The molecule has 1 aromatic heterocycles. The third kappa shape index (κ3) is 5.53. The van der Waals surface area contributed by atoms with Gasteiger partial charge in [0.25, 0.3) is 5.91 Å². The van der Waals surface area contributed by atoms with Crippen molar-refractivity contribution < 1.29 is 4.79 Å². The topological polar surface area (TPSA) is 41.4 Å². The van der Waals surface area contributed by atoms with Crippen molar-refractivity contribution in [3.05, 3.63) is 77.9 Å². The van der Waals surface area contributed by atoms with Gasteiger partial charge in [-0.3, -0.25) is 9.69 Å². The Morgan fingerprint density at radius 1 is 1.12 bits per heavy atom. The summed E-state index contributed by atoms with van der Waals surface area (Å²) in [7, 11) is 0. The molecule has 0 N–H and O–H groups in total. The predicted molar refractivity (Wildman–Crippen MR) is 135 cm³/mol. The van der Waals surface area contributed by atoms with Gasteiger partial charge in [-0.05, 0) is 37.1 Å². The van der Waals surface area contributed by atoms with Crippen molar-refractivity contribution in [1.82, 2.24) is 19.4 Å². The molecule has 174 valence electrons. The van der Waals surface area contributed by atoms with E-state index in [1.54, 1.807) is 0 Å². The van der Waals surface area contributed by atoms with E-state index in [2.05, 4.69) is 64.4 Å². The molecule has 0 saturated carbocycles. The van der Waals surface area contributed by atoms with Crippen molar-refractivity contribution >= 4 is 16.7 Å². The summed E-state index contributed by atoms with van der Waals surface area (Å²) in [6.07, 6.45) is 9.60. The molecule has 2 aromatic carbocycles. The molecular formula is C28H36N4O. The first-order valence-corrected chi connectivity index (χ1v) is 12.2. The summed E-state index contributed by atoms with van der Waals surface area (Å²) in [4.78, 5) is 22.6. The van der Waals surface area contributed by atoms with Crippen LogP contribution in [0.2, 0.25) is 0 Å². The number of hydrogen-bond donors (Lipinski definition) is 0. The van der Waals surface area contributed by atoms with Gasteiger partial charge >= 0.3 is 0 Å². The number of imidazole rings is 1. The second-order valence-electron chi connectivity index (χ2n) is 9.36. The molecule has 4 rings (SSSR count). The maximum absolute atomic E-state index is 13.5. The maximum atomic E-state index is 13.5. The van der Waals surface area contributed by atoms with Gasteiger partial charge in [0, 0.05) is 50.5 Å². The van der Waals surface area contributed by atoms with Crippen LogP contribution in [0.3, 0.4) is 0 Å². The highest BCUT2D eigenvalue weighted by molar-refractivity contribution is 6.07. The Kier molecular flexibility index (Phi) is 7.61. The van der Waals surface area contributed by atoms with Crippen LogP contribution in [0.15, 0.2) is 66.6 Å². The van der Waals surface area contributed by atoms with Gasteiger partial charge in [0.15, 0.2) is 0 Å². The van der Waals surface area contributed by atoms with Gasteiger partial charge in [-0.15, -0.1) is 0 Å². The van der Waals surface area contributed by atoms with E-state index in [1.165, 1.54) is 24.1 Å². The highest BCUT2D eigenvalue weighted by atomic mass is 16.2. The van der Waals surface area contributed by atoms with Crippen molar-refractivity contribution in [2.24, 2.45) is 0 Å². The minimum atomic E-state index is 0.154. The molecule has 1 unspecified atom stereocenters. The molecule has 3 aromatic rings. The largest absolute Gasteiger partial charge is 0.336 e. The summed E-state index contributed by atoms with van der Waals surface area (Å²) < 4.78 is 2.23. The van der Waals surface area contributed by atoms with Gasteiger partial charge in [-0.25, -0.2) is 4.98 Å². The van der Waals surface area contributed by atoms with Crippen LogP contribution in [-0.2, 0) is 13.1 Å². The van der Waals surface area contributed by atoms with Crippen LogP contribution in [0.4, 0.5) is 0 Å². The summed E-state index contributed by atoms with van der Waals surface area (Å²) in [5.74, 6) is 0.154. The van der Waals surface area contributed by atoms with Crippen LogP contribution < -0.4 is 0 Å². The van der Waals surface area contributed by atoms with E-state index in [4.69, 9.17) is 0 Å². The van der Waals surface area contributed by atoms with Crippen molar-refractivity contribution in [3.63, 3.8) is 0 Å². The number of amides is 1. The SMILES string of the molecule is CCCCC1CN(C(=O)c2cccc3ccccc23)CCN1Cc1cncn1CC=C(C)C. The highest BCUT2D eigenvalue weighted by Gasteiger charge is 2.30. The zero-order chi connectivity index (χ0) is 23.2. The number of unbranched alkanes of at least 4 members (excludes halogenated alkanes) is 1. The molecule has 0 radical (unpaired) electrons. The lowest BCUT2D eigenvalue weighted by molar-refractivity contribution is 0.0429. The van der Waals surface area contributed by atoms with Crippen LogP contribution in [0.1, 0.15) is 56.1 Å². The van der Waals surface area contributed by atoms with E-state index in [-0.39, 0.29) is 5.91 Å². The summed E-state index contributed by atoms with van der Waals surface area (Å²) in [6, 6.07) is 14.6. The van der Waals surface area contributed by atoms with Gasteiger partial charge in [0.05, 0.1) is 12.0 Å². The van der Waals surface area contributed by atoms with E-state index in [0.29, 0.717) is 6.04 Å². The molecule has 5 heteroatoms. The first-order chi connectivity index (χ1) is 16.1. The molecule has 0 aliphatic carbocycles. The van der Waals surface area contributed by atoms with Crippen LogP contribution in [0.25, 0.3) is 10.8 Å². The minimum absolute atomic E-state index is 0.154. The summed E-state index contributed by atoms with van der Waals surface area (Å²) in [5.41, 5.74) is 3.37. The standard InChI is InChI=1S/C28H36N4O/c1-4-5-11-24-19-31(28(33)27-13-8-10-23-9-6-7-12-26(23)27)17-16-30(24)20-25-18-29-21-32(25)15-14-22(2)3/h6-10,12-14,18,21,24H,4-5,11,15-17,19-20H2,1-3H3. The number of hydrogen-bond acceptors (Lipinski definition) is 3. The average molecular weight is 445 g/mol. The van der Waals surface area contributed by atoms with Gasteiger partial charge in [0.1, 0.15) is 0 Å². The molecule has 1 fully saturated rings. The lowest BCUT2D eigenvalue weighted by atomic mass is 10.0. The monoisotopic (exact) mass is 444 g/mol. The van der Waals surface area contributed by atoms with E-state index >= 15 is 0 Å². The molecule has 0 spiro atoms. The lowest BCUT2D eigenvalue weighted by Gasteiger charge is -2.41. The van der Waals surface area contributed by atoms with Crippen LogP contribution in [-0.4, -0.2) is 50.9 Å². The molecule has 0 bridgehead atoms. The zero-order valence-electron chi connectivity index (χ0n) is 20.2. The molecule has 1 atom stereocenters. The third-order valence-corrected chi connectivity index (χ3v) is 6.66. The quantitative estimate of drug-likeness (QED) is 0.430. The normalized spacial score (nSPS) is 16.8. The molecule has 1 amide bonds.